The van der Waals surface area contributed by atoms with Crippen molar-refractivity contribution in [2.75, 3.05) is 18.0 Å². The van der Waals surface area contributed by atoms with Gasteiger partial charge in [-0.05, 0) is 46.1 Å². The van der Waals surface area contributed by atoms with E-state index in [1.54, 1.807) is 26.8 Å². The van der Waals surface area contributed by atoms with Crippen LogP contribution in [0.25, 0.3) is 0 Å². The molecule has 31 heavy (non-hydrogen) atoms. The molecule has 3 N–H and O–H groups in total. The Kier molecular flexibility index (Phi) is 9.73. The lowest BCUT2D eigenvalue weighted by molar-refractivity contribution is -0.384. The lowest BCUT2D eigenvalue weighted by Crippen LogP contribution is -2.46. The van der Waals surface area contributed by atoms with Crippen molar-refractivity contribution in [3.63, 3.8) is 0 Å². The Morgan fingerprint density at radius 2 is 1.97 bits per heavy atom. The number of nitrogens with one attached hydrogen (secondary N) is 1. The molecular formula is C21H31N5O5. The average molecular weight is 434 g/mol. The highest BCUT2D eigenvalue weighted by atomic mass is 16.6. The van der Waals surface area contributed by atoms with Crippen molar-refractivity contribution in [2.45, 2.75) is 65.0 Å². The van der Waals surface area contributed by atoms with Gasteiger partial charge in [-0.1, -0.05) is 13.3 Å². The molecule has 0 aromatic heterocycles. The quantitative estimate of drug-likeness (QED) is 0.516. The number of nitriles is 1. The molecule has 170 valence electrons. The summed E-state index contributed by atoms with van der Waals surface area (Å²) >= 11 is 0. The summed E-state index contributed by atoms with van der Waals surface area (Å²) in [7, 11) is 0. The summed E-state index contributed by atoms with van der Waals surface area (Å²) in [6, 6.07) is 5.84. The fourth-order valence-electron chi connectivity index (χ4n) is 2.98. The van der Waals surface area contributed by atoms with Crippen LogP contribution in [0.4, 0.5) is 16.2 Å². The number of carbonyl (C=O) groups is 2. The lowest BCUT2D eigenvalue weighted by atomic mass is 10.1. The van der Waals surface area contributed by atoms with Gasteiger partial charge in [0.05, 0.1) is 16.2 Å². The summed E-state index contributed by atoms with van der Waals surface area (Å²) in [6.07, 6.45) is 2.90. The van der Waals surface area contributed by atoms with Crippen LogP contribution in [0, 0.1) is 21.4 Å². The number of nitrogens with two attached hydrogens (primary N) is 1. The molecule has 0 aliphatic carbocycles. The van der Waals surface area contributed by atoms with Crippen molar-refractivity contribution in [1.82, 2.24) is 5.32 Å². The molecule has 1 aliphatic heterocycles. The second-order valence-corrected chi connectivity index (χ2v) is 8.15. The molecule has 1 fully saturated rings. The van der Waals surface area contributed by atoms with E-state index in [9.17, 15) is 19.7 Å². The van der Waals surface area contributed by atoms with Gasteiger partial charge in [-0.3, -0.25) is 14.9 Å². The van der Waals surface area contributed by atoms with E-state index >= 15 is 0 Å². The summed E-state index contributed by atoms with van der Waals surface area (Å²) in [6.45, 7) is 9.02. The van der Waals surface area contributed by atoms with Crippen molar-refractivity contribution in [1.29, 1.82) is 5.26 Å². The van der Waals surface area contributed by atoms with Crippen LogP contribution in [-0.4, -0.2) is 41.7 Å². The first-order valence-corrected chi connectivity index (χ1v) is 10.2. The molecule has 0 radical (unpaired) electrons. The van der Waals surface area contributed by atoms with Crippen molar-refractivity contribution in [2.24, 2.45) is 5.73 Å². The topological polar surface area (TPSA) is 152 Å². The first kappa shape index (κ1) is 25.7. The van der Waals surface area contributed by atoms with Crippen LogP contribution in [0.1, 0.15) is 58.9 Å². The largest absolute Gasteiger partial charge is 0.444 e. The molecule has 0 bridgehead atoms. The Labute approximate surface area is 182 Å². The molecule has 1 aromatic rings. The summed E-state index contributed by atoms with van der Waals surface area (Å²) in [5.74, 6) is -0.539. The normalized spacial score (nSPS) is 14.0. The van der Waals surface area contributed by atoms with Crippen molar-refractivity contribution in [3.05, 3.63) is 33.9 Å². The fraction of sp³-hybridized carbons (Fsp3) is 0.571. The van der Waals surface area contributed by atoms with Gasteiger partial charge in [0.1, 0.15) is 17.7 Å². The Balaban J connectivity index is 0.000000311. The van der Waals surface area contributed by atoms with Gasteiger partial charge < -0.3 is 20.7 Å². The summed E-state index contributed by atoms with van der Waals surface area (Å²) in [5.41, 5.74) is 5.72. The zero-order valence-electron chi connectivity index (χ0n) is 18.5. The number of non-ortho nitro benzene ring substituents is 1. The first-order valence-electron chi connectivity index (χ1n) is 10.2. The highest BCUT2D eigenvalue weighted by Gasteiger charge is 2.22. The molecular weight excluding hydrogens is 402 g/mol. The maximum atomic E-state index is 11.3. The Morgan fingerprint density at radius 3 is 2.42 bits per heavy atom. The first-order chi connectivity index (χ1) is 14.5. The highest BCUT2D eigenvalue weighted by molar-refractivity contribution is 5.84. The average Bonchev–Trinajstić information content (AvgIpc) is 3.20. The van der Waals surface area contributed by atoms with Crippen LogP contribution in [0.2, 0.25) is 0 Å². The number of hydrogen-bond donors (Lipinski definition) is 2. The number of carbonyl (C=O) groups excluding carboxylic acids is 2. The minimum absolute atomic E-state index is 0.0282. The number of rotatable bonds is 6. The maximum Gasteiger partial charge on any atom is 0.408 e. The van der Waals surface area contributed by atoms with Crippen LogP contribution in [0.5, 0.6) is 0 Å². The van der Waals surface area contributed by atoms with Gasteiger partial charge >= 0.3 is 6.09 Å². The number of hydrogen-bond acceptors (Lipinski definition) is 7. The van der Waals surface area contributed by atoms with Crippen molar-refractivity contribution >= 4 is 23.4 Å². The SMILES string of the molecule is CCC[C@H](NC(=O)OC(C)(C)C)C(N)=O.N#Cc1cc([N+](=O)[O-])ccc1N1CCCC1. The van der Waals surface area contributed by atoms with Crippen LogP contribution in [0.15, 0.2) is 18.2 Å². The molecule has 1 atom stereocenters. The van der Waals surface area contributed by atoms with Gasteiger partial charge in [-0.25, -0.2) is 4.79 Å². The Bertz CT molecular complexity index is 822. The van der Waals surface area contributed by atoms with E-state index in [2.05, 4.69) is 10.2 Å². The minimum Gasteiger partial charge on any atom is -0.444 e. The van der Waals surface area contributed by atoms with E-state index in [1.807, 2.05) is 13.0 Å². The van der Waals surface area contributed by atoms with Crippen molar-refractivity contribution in [3.8, 4) is 6.07 Å². The molecule has 1 aromatic carbocycles. The number of benzene rings is 1. The zero-order valence-corrected chi connectivity index (χ0v) is 18.5. The van der Waals surface area contributed by atoms with E-state index in [0.717, 1.165) is 38.0 Å². The summed E-state index contributed by atoms with van der Waals surface area (Å²) < 4.78 is 5.01. The highest BCUT2D eigenvalue weighted by Crippen LogP contribution is 2.27. The maximum absolute atomic E-state index is 11.3. The number of anilines is 1. The summed E-state index contributed by atoms with van der Waals surface area (Å²) in [5, 5.41) is 22.0. The van der Waals surface area contributed by atoms with Crippen LogP contribution in [0.3, 0.4) is 0 Å². The molecule has 2 rings (SSSR count). The molecule has 1 heterocycles. The third kappa shape index (κ3) is 8.90. The molecule has 2 amide bonds. The standard InChI is InChI=1S/C11H11N3O2.C10H20N2O3/c12-8-9-7-10(14(15)16)3-4-11(9)13-5-1-2-6-13;1-5-6-7(8(11)13)12-9(14)15-10(2,3)4/h3-4,7H,1-2,5-6H2;7H,5-6H2,1-4H3,(H2,11,13)(H,12,14)/t;7-/m.0/s1. The number of alkyl carbamates (subject to hydrolysis) is 1. The van der Waals surface area contributed by atoms with Gasteiger partial charge in [0.15, 0.2) is 0 Å². The Morgan fingerprint density at radius 1 is 1.35 bits per heavy atom. The number of primary amides is 1. The van der Waals surface area contributed by atoms with E-state index in [0.29, 0.717) is 12.0 Å². The molecule has 10 nitrogen and oxygen atoms in total. The monoisotopic (exact) mass is 433 g/mol. The number of nitro benzene ring substituents is 1. The lowest BCUT2D eigenvalue weighted by Gasteiger charge is -2.22. The van der Waals surface area contributed by atoms with E-state index in [-0.39, 0.29) is 5.69 Å². The van der Waals surface area contributed by atoms with Gasteiger partial charge in [0, 0.05) is 25.2 Å². The number of nitro groups is 1. The van der Waals surface area contributed by atoms with Gasteiger partial charge in [0.25, 0.3) is 5.69 Å². The molecule has 0 saturated carbocycles. The van der Waals surface area contributed by atoms with E-state index < -0.39 is 28.6 Å². The van der Waals surface area contributed by atoms with Crippen LogP contribution in [-0.2, 0) is 9.53 Å². The Hall–Kier alpha value is -3.35. The molecule has 1 saturated heterocycles. The predicted molar refractivity (Wildman–Crippen MR) is 117 cm³/mol. The number of amides is 2. The van der Waals surface area contributed by atoms with E-state index in [1.165, 1.54) is 12.1 Å². The molecule has 0 spiro atoms. The molecule has 10 heteroatoms. The zero-order chi connectivity index (χ0) is 23.6. The van der Waals surface area contributed by atoms with E-state index in [4.69, 9.17) is 15.7 Å². The smallest absolute Gasteiger partial charge is 0.408 e. The molecule has 1 aliphatic rings. The second kappa shape index (κ2) is 11.7. The second-order valence-electron chi connectivity index (χ2n) is 8.15. The third-order valence-electron chi connectivity index (χ3n) is 4.37. The van der Waals surface area contributed by atoms with Crippen LogP contribution >= 0.6 is 0 Å². The van der Waals surface area contributed by atoms with Gasteiger partial charge in [-0.2, -0.15) is 5.26 Å². The van der Waals surface area contributed by atoms with Crippen molar-refractivity contribution < 1.29 is 19.2 Å². The fourth-order valence-corrected chi connectivity index (χ4v) is 2.98. The minimum atomic E-state index is -0.648. The van der Waals surface area contributed by atoms with Crippen LogP contribution < -0.4 is 16.0 Å². The number of nitrogens with zero attached hydrogens (tertiary/aromatic N) is 3. The number of ether oxygens (including phenoxy) is 1. The summed E-state index contributed by atoms with van der Waals surface area (Å²) in [4.78, 5) is 34.5. The third-order valence-corrected chi connectivity index (χ3v) is 4.37. The predicted octanol–water partition coefficient (Wildman–Crippen LogP) is 3.23. The molecule has 0 unspecified atom stereocenters. The van der Waals surface area contributed by atoms with Gasteiger partial charge in [0.2, 0.25) is 5.91 Å². The van der Waals surface area contributed by atoms with Gasteiger partial charge in [-0.15, -0.1) is 0 Å².